The van der Waals surface area contributed by atoms with Crippen molar-refractivity contribution in [2.24, 2.45) is 0 Å². The Balaban J connectivity index is 1.63. The molecule has 3 aromatic rings. The number of benzene rings is 1. The first-order valence-electron chi connectivity index (χ1n) is 9.07. The Morgan fingerprint density at radius 1 is 1.15 bits per heavy atom. The van der Waals surface area contributed by atoms with Crippen LogP contribution in [0.4, 0.5) is 10.1 Å². The van der Waals surface area contributed by atoms with Gasteiger partial charge in [0.1, 0.15) is 17.6 Å². The molecule has 0 spiro atoms. The lowest BCUT2D eigenvalue weighted by molar-refractivity contribution is 0.318. The molecule has 0 bridgehead atoms. The van der Waals surface area contributed by atoms with E-state index in [1.54, 1.807) is 0 Å². The smallest absolute Gasteiger partial charge is 0.136 e. The molecule has 0 amide bonds. The zero-order chi connectivity index (χ0) is 17.8. The number of halogens is 1. The largest absolute Gasteiger partial charge is 0.349 e. The number of pyridine rings is 1. The van der Waals surface area contributed by atoms with E-state index in [2.05, 4.69) is 43.7 Å². The number of hydrogen-bond donors (Lipinski definition) is 0. The van der Waals surface area contributed by atoms with Crippen LogP contribution in [0.15, 0.2) is 54.8 Å². The molecule has 132 valence electrons. The maximum absolute atomic E-state index is 14.1. The van der Waals surface area contributed by atoms with Crippen LogP contribution in [0.3, 0.4) is 0 Å². The lowest BCUT2D eigenvalue weighted by Crippen LogP contribution is -2.31. The number of anilines is 1. The third kappa shape index (κ3) is 2.23. The van der Waals surface area contributed by atoms with Gasteiger partial charge in [0.15, 0.2) is 0 Å². The van der Waals surface area contributed by atoms with Crippen LogP contribution >= 0.6 is 0 Å². The second-order valence-electron chi connectivity index (χ2n) is 7.25. The third-order valence-electron chi connectivity index (χ3n) is 5.48. The molecule has 2 aliphatic rings. The molecule has 1 fully saturated rings. The summed E-state index contributed by atoms with van der Waals surface area (Å²) in [4.78, 5) is 9.09. The van der Waals surface area contributed by atoms with Crippen molar-refractivity contribution in [3.63, 3.8) is 0 Å². The summed E-state index contributed by atoms with van der Waals surface area (Å²) >= 11 is 0. The number of hydrogen-bond acceptors (Lipinski definition) is 3. The first kappa shape index (κ1) is 15.4. The van der Waals surface area contributed by atoms with Crippen LogP contribution in [-0.4, -0.2) is 20.8 Å². The lowest BCUT2D eigenvalue weighted by atomic mass is 10.1. The second kappa shape index (κ2) is 5.59. The summed E-state index contributed by atoms with van der Waals surface area (Å²) in [6, 6.07) is 8.11. The number of rotatable bonds is 2. The summed E-state index contributed by atoms with van der Waals surface area (Å²) in [6.45, 7) is 4.72. The molecule has 1 saturated heterocycles. The monoisotopic (exact) mass is 348 g/mol. The maximum Gasteiger partial charge on any atom is 0.136 e. The summed E-state index contributed by atoms with van der Waals surface area (Å²) in [5.41, 5.74) is 5.94. The van der Waals surface area contributed by atoms with E-state index in [9.17, 15) is 4.39 Å². The van der Waals surface area contributed by atoms with Crippen molar-refractivity contribution in [2.45, 2.75) is 32.9 Å². The molecular weight excluding hydrogens is 327 g/mol. The van der Waals surface area contributed by atoms with Crippen LogP contribution in [0, 0.1) is 19.7 Å². The molecule has 0 radical (unpaired) electrons. The minimum atomic E-state index is -0.113. The van der Waals surface area contributed by atoms with Gasteiger partial charge in [-0.2, -0.15) is 0 Å². The van der Waals surface area contributed by atoms with Gasteiger partial charge in [-0.1, -0.05) is 0 Å². The van der Waals surface area contributed by atoms with E-state index in [0.29, 0.717) is 11.1 Å². The highest BCUT2D eigenvalue weighted by Crippen LogP contribution is 2.43. The van der Waals surface area contributed by atoms with Crippen molar-refractivity contribution in [1.29, 1.82) is 0 Å². The summed E-state index contributed by atoms with van der Waals surface area (Å²) in [5, 5.41) is 0. The van der Waals surface area contributed by atoms with E-state index in [-0.39, 0.29) is 12.0 Å². The molecule has 2 aliphatic heterocycles. The van der Waals surface area contributed by atoms with Gasteiger partial charge in [0.05, 0.1) is 0 Å². The number of imidazole rings is 1. The van der Waals surface area contributed by atoms with Crippen molar-refractivity contribution in [3.8, 4) is 0 Å². The van der Waals surface area contributed by atoms with Gasteiger partial charge in [0.25, 0.3) is 0 Å². The van der Waals surface area contributed by atoms with Gasteiger partial charge in [-0.05, 0) is 62.1 Å². The minimum absolute atomic E-state index is 0.101. The normalized spacial score (nSPS) is 19.3. The molecule has 0 N–H and O–H groups in total. The molecule has 4 nitrogen and oxygen atoms in total. The highest BCUT2D eigenvalue weighted by Gasteiger charge is 2.37. The van der Waals surface area contributed by atoms with Gasteiger partial charge in [0.2, 0.25) is 0 Å². The Labute approximate surface area is 152 Å². The maximum atomic E-state index is 14.1. The second-order valence-corrected chi connectivity index (χ2v) is 7.25. The zero-order valence-corrected chi connectivity index (χ0v) is 15.0. The van der Waals surface area contributed by atoms with Crippen LogP contribution in [0.5, 0.6) is 0 Å². The highest BCUT2D eigenvalue weighted by molar-refractivity contribution is 5.58. The molecule has 5 rings (SSSR count). The Hall–Kier alpha value is -2.82. The van der Waals surface area contributed by atoms with E-state index in [4.69, 9.17) is 0 Å². The van der Waals surface area contributed by atoms with Gasteiger partial charge < -0.3 is 14.2 Å². The lowest BCUT2D eigenvalue weighted by Gasteiger charge is -2.33. The fraction of sp³-hybridized carbons (Fsp3) is 0.286. The summed E-state index contributed by atoms with van der Waals surface area (Å²) in [6.07, 6.45) is 10.6. The van der Waals surface area contributed by atoms with Crippen LogP contribution in [0.2, 0.25) is 0 Å². The molecule has 1 atom stereocenters. The van der Waals surface area contributed by atoms with Crippen LogP contribution in [0.1, 0.15) is 35.7 Å². The van der Waals surface area contributed by atoms with E-state index in [0.717, 1.165) is 24.3 Å². The Bertz CT molecular complexity index is 1010. The molecule has 4 heterocycles. The summed E-state index contributed by atoms with van der Waals surface area (Å²) < 4.78 is 16.2. The van der Waals surface area contributed by atoms with Crippen LogP contribution in [-0.2, 0) is 0 Å². The van der Waals surface area contributed by atoms with Gasteiger partial charge in [-0.3, -0.25) is 0 Å². The summed E-state index contributed by atoms with van der Waals surface area (Å²) in [7, 11) is 0. The topological polar surface area (TPSA) is 23.8 Å². The first-order valence-corrected chi connectivity index (χ1v) is 9.07. The highest BCUT2D eigenvalue weighted by atomic mass is 19.1. The van der Waals surface area contributed by atoms with Crippen molar-refractivity contribution >= 4 is 11.3 Å². The fourth-order valence-corrected chi connectivity index (χ4v) is 4.24. The molecule has 26 heavy (non-hydrogen) atoms. The van der Waals surface area contributed by atoms with Crippen molar-refractivity contribution in [1.82, 2.24) is 14.3 Å². The Morgan fingerprint density at radius 2 is 1.96 bits per heavy atom. The minimum Gasteiger partial charge on any atom is -0.349 e. The summed E-state index contributed by atoms with van der Waals surface area (Å²) in [5.74, 6) is -0.113. The standard InChI is InChI=1S/C21H21FN4/c1-14-10-18(11-15(2)20(14)22)26-13-17-4-3-8-25(17)21(26)16-5-6-19-23-7-9-24(19)12-16/h5-7,9-13,21H,3-4,8H2,1-2H3. The van der Waals surface area contributed by atoms with Gasteiger partial charge >= 0.3 is 0 Å². The SMILES string of the molecule is Cc1cc(N2C=C3CCCN3C2c2ccc3nccn3c2)cc(C)c1F. The van der Waals surface area contributed by atoms with Crippen molar-refractivity contribution in [2.75, 3.05) is 11.4 Å². The number of nitrogens with zero attached hydrogens (tertiary/aromatic N) is 4. The average Bonchev–Trinajstić information content (AvgIpc) is 3.33. The van der Waals surface area contributed by atoms with E-state index >= 15 is 0 Å². The Kier molecular flexibility index (Phi) is 3.32. The van der Waals surface area contributed by atoms with Crippen LogP contribution < -0.4 is 4.90 Å². The van der Waals surface area contributed by atoms with E-state index in [1.807, 2.05) is 38.4 Å². The fourth-order valence-electron chi connectivity index (χ4n) is 4.24. The van der Waals surface area contributed by atoms with Gasteiger partial charge in [-0.15, -0.1) is 0 Å². The molecule has 2 aromatic heterocycles. The zero-order valence-electron chi connectivity index (χ0n) is 15.0. The molecule has 1 unspecified atom stereocenters. The number of aryl methyl sites for hydroxylation is 2. The quantitative estimate of drug-likeness (QED) is 0.679. The van der Waals surface area contributed by atoms with Crippen LogP contribution in [0.25, 0.3) is 5.65 Å². The number of aromatic nitrogens is 2. The Morgan fingerprint density at radius 3 is 2.77 bits per heavy atom. The molecular formula is C21H21FN4. The third-order valence-corrected chi connectivity index (χ3v) is 5.48. The first-order chi connectivity index (χ1) is 12.6. The number of fused-ring (bicyclic) bond motifs is 2. The average molecular weight is 348 g/mol. The molecule has 0 aliphatic carbocycles. The predicted octanol–water partition coefficient (Wildman–Crippen LogP) is 4.55. The van der Waals surface area contributed by atoms with Crippen molar-refractivity contribution in [3.05, 3.63) is 77.3 Å². The molecule has 1 aromatic carbocycles. The van der Waals surface area contributed by atoms with Gasteiger partial charge in [0, 0.05) is 48.3 Å². The van der Waals surface area contributed by atoms with E-state index in [1.165, 1.54) is 17.7 Å². The van der Waals surface area contributed by atoms with Gasteiger partial charge in [-0.25, -0.2) is 9.37 Å². The molecule has 5 heteroatoms. The van der Waals surface area contributed by atoms with Crippen molar-refractivity contribution < 1.29 is 4.39 Å². The molecule has 0 saturated carbocycles. The number of allylic oxidation sites excluding steroid dienone is 1. The predicted molar refractivity (Wildman–Crippen MR) is 100 cm³/mol. The van der Waals surface area contributed by atoms with E-state index < -0.39 is 0 Å².